The van der Waals surface area contributed by atoms with Gasteiger partial charge in [-0.3, -0.25) is 4.79 Å². The molecular formula is C12H12N4OS. The van der Waals surface area contributed by atoms with Gasteiger partial charge >= 0.3 is 0 Å². The molecule has 92 valence electrons. The van der Waals surface area contributed by atoms with Gasteiger partial charge in [-0.25, -0.2) is 0 Å². The van der Waals surface area contributed by atoms with E-state index in [0.717, 1.165) is 36.4 Å². The van der Waals surface area contributed by atoms with Crippen molar-refractivity contribution < 1.29 is 4.79 Å². The van der Waals surface area contributed by atoms with Gasteiger partial charge in [-0.05, 0) is 24.5 Å². The molecule has 0 atom stereocenters. The van der Waals surface area contributed by atoms with Crippen molar-refractivity contribution in [3.8, 4) is 0 Å². The Morgan fingerprint density at radius 2 is 2.17 bits per heavy atom. The summed E-state index contributed by atoms with van der Waals surface area (Å²) in [5.74, 6) is -0.114. The summed E-state index contributed by atoms with van der Waals surface area (Å²) >= 11 is 1.13. The molecule has 0 bridgehead atoms. The lowest BCUT2D eigenvalue weighted by atomic mass is 10.0. The Labute approximate surface area is 108 Å². The zero-order chi connectivity index (χ0) is 12.5. The fourth-order valence-corrected chi connectivity index (χ4v) is 2.74. The molecule has 3 rings (SSSR count). The molecule has 5 nitrogen and oxygen atoms in total. The molecule has 1 amide bonds. The van der Waals surface area contributed by atoms with Crippen molar-refractivity contribution in [2.24, 2.45) is 0 Å². The van der Waals surface area contributed by atoms with Crippen LogP contribution in [-0.4, -0.2) is 22.6 Å². The molecule has 2 heterocycles. The van der Waals surface area contributed by atoms with Crippen LogP contribution in [-0.2, 0) is 6.42 Å². The van der Waals surface area contributed by atoms with E-state index in [1.165, 1.54) is 5.56 Å². The third-order valence-electron chi connectivity index (χ3n) is 2.98. The minimum atomic E-state index is -0.114. The molecule has 0 radical (unpaired) electrons. The number of hydrogen-bond donors (Lipinski definition) is 1. The van der Waals surface area contributed by atoms with Crippen molar-refractivity contribution >= 4 is 28.1 Å². The van der Waals surface area contributed by atoms with Crippen LogP contribution in [0.4, 0.5) is 10.8 Å². The van der Waals surface area contributed by atoms with Crippen molar-refractivity contribution in [3.05, 3.63) is 34.8 Å². The van der Waals surface area contributed by atoms with Crippen LogP contribution in [0.25, 0.3) is 0 Å². The number of fused-ring (bicyclic) bond motifs is 1. The second kappa shape index (κ2) is 4.38. The van der Waals surface area contributed by atoms with Crippen LogP contribution in [0.3, 0.4) is 0 Å². The summed E-state index contributed by atoms with van der Waals surface area (Å²) in [6.45, 7) is 0.718. The van der Waals surface area contributed by atoms with Crippen molar-refractivity contribution in [1.82, 2.24) is 10.2 Å². The molecule has 1 aliphatic rings. The molecule has 0 unspecified atom stereocenters. The smallest absolute Gasteiger partial charge is 0.289 e. The molecule has 0 spiro atoms. The lowest BCUT2D eigenvalue weighted by molar-refractivity contribution is 0.0984. The number of anilines is 2. The average Bonchev–Trinajstić information content (AvgIpc) is 2.84. The van der Waals surface area contributed by atoms with Crippen LogP contribution in [0.15, 0.2) is 24.3 Å². The van der Waals surface area contributed by atoms with Gasteiger partial charge < -0.3 is 10.6 Å². The van der Waals surface area contributed by atoms with Crippen LogP contribution in [0.5, 0.6) is 0 Å². The Hall–Kier alpha value is -1.95. The number of aromatic nitrogens is 2. The largest absolute Gasteiger partial charge is 0.374 e. The van der Waals surface area contributed by atoms with Gasteiger partial charge in [-0.1, -0.05) is 29.5 Å². The maximum Gasteiger partial charge on any atom is 0.289 e. The molecule has 1 aliphatic heterocycles. The van der Waals surface area contributed by atoms with Crippen molar-refractivity contribution in [2.75, 3.05) is 17.2 Å². The van der Waals surface area contributed by atoms with Gasteiger partial charge in [0, 0.05) is 12.2 Å². The van der Waals surface area contributed by atoms with Gasteiger partial charge in [-0.15, -0.1) is 10.2 Å². The quantitative estimate of drug-likeness (QED) is 0.847. The fourth-order valence-electron chi connectivity index (χ4n) is 2.18. The number of nitrogens with zero attached hydrogens (tertiary/aromatic N) is 3. The Morgan fingerprint density at radius 3 is 2.94 bits per heavy atom. The summed E-state index contributed by atoms with van der Waals surface area (Å²) in [6, 6.07) is 7.97. The predicted molar refractivity (Wildman–Crippen MR) is 70.8 cm³/mol. The average molecular weight is 260 g/mol. The normalized spacial score (nSPS) is 14.3. The van der Waals surface area contributed by atoms with Crippen molar-refractivity contribution in [1.29, 1.82) is 0 Å². The summed E-state index contributed by atoms with van der Waals surface area (Å²) in [7, 11) is 0. The van der Waals surface area contributed by atoms with E-state index < -0.39 is 0 Å². The predicted octanol–water partition coefficient (Wildman–Crippen LogP) is 1.71. The van der Waals surface area contributed by atoms with Gasteiger partial charge in [0.2, 0.25) is 10.1 Å². The van der Waals surface area contributed by atoms with Crippen LogP contribution < -0.4 is 10.6 Å². The second-order valence-electron chi connectivity index (χ2n) is 4.13. The van der Waals surface area contributed by atoms with E-state index >= 15 is 0 Å². The van der Waals surface area contributed by atoms with E-state index in [1.54, 1.807) is 4.90 Å². The van der Waals surface area contributed by atoms with E-state index in [-0.39, 0.29) is 5.91 Å². The molecule has 0 aliphatic carbocycles. The van der Waals surface area contributed by atoms with E-state index in [0.29, 0.717) is 10.1 Å². The highest BCUT2D eigenvalue weighted by atomic mass is 32.1. The molecule has 0 saturated heterocycles. The Kier molecular flexibility index (Phi) is 2.71. The third kappa shape index (κ3) is 1.84. The highest BCUT2D eigenvalue weighted by molar-refractivity contribution is 7.17. The number of benzene rings is 1. The summed E-state index contributed by atoms with van der Waals surface area (Å²) in [5.41, 5.74) is 7.69. The molecule has 6 heteroatoms. The van der Waals surface area contributed by atoms with Crippen LogP contribution in [0.1, 0.15) is 21.8 Å². The van der Waals surface area contributed by atoms with Gasteiger partial charge in [0.1, 0.15) is 0 Å². The molecule has 0 saturated carbocycles. The molecule has 1 aromatic heterocycles. The number of carbonyl (C=O) groups excluding carboxylic acids is 1. The van der Waals surface area contributed by atoms with Crippen molar-refractivity contribution in [2.45, 2.75) is 12.8 Å². The lowest BCUT2D eigenvalue weighted by Gasteiger charge is -2.28. The zero-order valence-corrected chi connectivity index (χ0v) is 10.5. The number of para-hydroxylation sites is 1. The number of rotatable bonds is 1. The van der Waals surface area contributed by atoms with E-state index in [4.69, 9.17) is 5.73 Å². The Bertz CT molecular complexity index is 595. The number of nitrogens with two attached hydrogens (primary N) is 1. The lowest BCUT2D eigenvalue weighted by Crippen LogP contribution is -2.35. The number of carbonyl (C=O) groups is 1. The first-order chi connectivity index (χ1) is 8.75. The minimum absolute atomic E-state index is 0.114. The number of hydrogen-bond acceptors (Lipinski definition) is 5. The molecule has 2 aromatic rings. The zero-order valence-electron chi connectivity index (χ0n) is 9.67. The van der Waals surface area contributed by atoms with Crippen LogP contribution in [0.2, 0.25) is 0 Å². The Balaban J connectivity index is 1.96. The maximum atomic E-state index is 12.4. The van der Waals surface area contributed by atoms with Gasteiger partial charge in [0.25, 0.3) is 5.91 Å². The summed E-state index contributed by atoms with van der Waals surface area (Å²) < 4.78 is 0. The van der Waals surface area contributed by atoms with Gasteiger partial charge in [0.05, 0.1) is 0 Å². The van der Waals surface area contributed by atoms with Gasteiger partial charge in [0.15, 0.2) is 0 Å². The number of nitrogen functional groups attached to an aromatic ring is 1. The van der Waals surface area contributed by atoms with Crippen LogP contribution in [0, 0.1) is 0 Å². The molecule has 18 heavy (non-hydrogen) atoms. The molecule has 0 fully saturated rings. The van der Waals surface area contributed by atoms with E-state index in [2.05, 4.69) is 16.3 Å². The molecule has 1 aromatic carbocycles. The van der Waals surface area contributed by atoms with Crippen molar-refractivity contribution in [3.63, 3.8) is 0 Å². The first-order valence-corrected chi connectivity index (χ1v) is 6.56. The van der Waals surface area contributed by atoms with E-state index in [9.17, 15) is 4.79 Å². The topological polar surface area (TPSA) is 72.1 Å². The SMILES string of the molecule is Nc1nnc(C(=O)N2CCCc3ccccc32)s1. The highest BCUT2D eigenvalue weighted by Gasteiger charge is 2.25. The summed E-state index contributed by atoms with van der Waals surface area (Å²) in [5, 5.41) is 8.18. The van der Waals surface area contributed by atoms with E-state index in [1.807, 2.05) is 18.2 Å². The number of amides is 1. The monoisotopic (exact) mass is 260 g/mol. The van der Waals surface area contributed by atoms with Crippen LogP contribution >= 0.6 is 11.3 Å². The highest BCUT2D eigenvalue weighted by Crippen LogP contribution is 2.28. The third-order valence-corrected chi connectivity index (χ3v) is 3.72. The fraction of sp³-hybridized carbons (Fsp3) is 0.250. The summed E-state index contributed by atoms with van der Waals surface area (Å²) in [4.78, 5) is 14.1. The maximum absolute atomic E-state index is 12.4. The number of aryl methyl sites for hydroxylation is 1. The first kappa shape index (κ1) is 11.2. The molecule has 2 N–H and O–H groups in total. The first-order valence-electron chi connectivity index (χ1n) is 5.74. The Morgan fingerprint density at radius 1 is 1.33 bits per heavy atom. The van der Waals surface area contributed by atoms with Gasteiger partial charge in [-0.2, -0.15) is 0 Å². The molecular weight excluding hydrogens is 248 g/mol. The minimum Gasteiger partial charge on any atom is -0.374 e. The summed E-state index contributed by atoms with van der Waals surface area (Å²) in [6.07, 6.45) is 1.98. The second-order valence-corrected chi connectivity index (χ2v) is 5.14. The standard InChI is InChI=1S/C12H12N4OS/c13-12-15-14-10(18-12)11(17)16-7-3-5-8-4-1-2-6-9(8)16/h1-2,4,6H,3,5,7H2,(H2,13,15).